The number of aromatic carboxylic acids is 1. The van der Waals surface area contributed by atoms with Crippen molar-refractivity contribution in [3.63, 3.8) is 0 Å². The minimum atomic E-state index is -1.05. The summed E-state index contributed by atoms with van der Waals surface area (Å²) in [5, 5.41) is 19.1. The first-order valence-electron chi connectivity index (χ1n) is 5.56. The summed E-state index contributed by atoms with van der Waals surface area (Å²) in [6.45, 7) is 0.873. The van der Waals surface area contributed by atoms with Crippen LogP contribution in [0.2, 0.25) is 0 Å². The Labute approximate surface area is 93.9 Å². The molecule has 0 atom stereocenters. The minimum absolute atomic E-state index is 0.0245. The number of aromatic nitrogens is 2. The van der Waals surface area contributed by atoms with Crippen LogP contribution in [0.4, 0.5) is 5.82 Å². The lowest BCUT2D eigenvalue weighted by molar-refractivity contribution is 0.0689. The number of rotatable bonds is 6. The monoisotopic (exact) mass is 221 g/mol. The Kier molecular flexibility index (Phi) is 3.34. The Balaban J connectivity index is 1.73. The third-order valence-electron chi connectivity index (χ3n) is 2.68. The first-order chi connectivity index (χ1) is 7.75. The zero-order chi connectivity index (χ0) is 11.4. The minimum Gasteiger partial charge on any atom is -0.476 e. The van der Waals surface area contributed by atoms with E-state index in [1.807, 2.05) is 0 Å². The van der Waals surface area contributed by atoms with Gasteiger partial charge in [-0.05, 0) is 30.9 Å². The lowest BCUT2D eigenvalue weighted by Crippen LogP contribution is -2.07. The fourth-order valence-corrected chi connectivity index (χ4v) is 1.55. The molecule has 1 aromatic heterocycles. The van der Waals surface area contributed by atoms with Gasteiger partial charge in [-0.3, -0.25) is 0 Å². The summed E-state index contributed by atoms with van der Waals surface area (Å²) in [7, 11) is 0. The predicted molar refractivity (Wildman–Crippen MR) is 59.4 cm³/mol. The molecule has 16 heavy (non-hydrogen) atoms. The Bertz CT molecular complexity index is 360. The molecule has 5 heteroatoms. The molecule has 1 fully saturated rings. The number of nitrogens with zero attached hydrogens (tertiary/aromatic N) is 2. The smallest absolute Gasteiger partial charge is 0.356 e. The Morgan fingerprint density at radius 1 is 1.44 bits per heavy atom. The average molecular weight is 221 g/mol. The Morgan fingerprint density at radius 3 is 2.81 bits per heavy atom. The van der Waals surface area contributed by atoms with E-state index >= 15 is 0 Å². The van der Waals surface area contributed by atoms with Crippen molar-refractivity contribution in [1.82, 2.24) is 10.2 Å². The molecule has 0 bridgehead atoms. The highest BCUT2D eigenvalue weighted by Gasteiger charge is 2.19. The van der Waals surface area contributed by atoms with Crippen LogP contribution >= 0.6 is 0 Å². The molecule has 0 spiro atoms. The number of anilines is 1. The lowest BCUT2D eigenvalue weighted by Gasteiger charge is -2.03. The van der Waals surface area contributed by atoms with Crippen molar-refractivity contribution < 1.29 is 9.90 Å². The van der Waals surface area contributed by atoms with Gasteiger partial charge in [0.25, 0.3) is 0 Å². The van der Waals surface area contributed by atoms with Crippen molar-refractivity contribution >= 4 is 11.8 Å². The molecule has 1 aromatic rings. The van der Waals surface area contributed by atoms with Gasteiger partial charge in [0.15, 0.2) is 5.69 Å². The molecule has 0 saturated heterocycles. The second-order valence-corrected chi connectivity index (χ2v) is 4.12. The van der Waals surface area contributed by atoms with Gasteiger partial charge >= 0.3 is 5.97 Å². The van der Waals surface area contributed by atoms with Crippen molar-refractivity contribution in [3.8, 4) is 0 Å². The molecule has 0 amide bonds. The molecule has 0 aromatic carbocycles. The van der Waals surface area contributed by atoms with Gasteiger partial charge in [0.05, 0.1) is 0 Å². The van der Waals surface area contributed by atoms with E-state index < -0.39 is 5.97 Å². The lowest BCUT2D eigenvalue weighted by atomic mass is 10.2. The van der Waals surface area contributed by atoms with Crippen LogP contribution in [0, 0.1) is 5.92 Å². The molecule has 1 heterocycles. The molecular weight excluding hydrogens is 206 g/mol. The van der Waals surface area contributed by atoms with Crippen molar-refractivity contribution in [1.29, 1.82) is 0 Å². The maximum absolute atomic E-state index is 10.5. The van der Waals surface area contributed by atoms with E-state index in [-0.39, 0.29) is 5.69 Å². The maximum Gasteiger partial charge on any atom is 0.356 e. The highest BCUT2D eigenvalue weighted by Crippen LogP contribution is 2.33. The molecule has 86 valence electrons. The molecule has 0 radical (unpaired) electrons. The first kappa shape index (κ1) is 10.9. The van der Waals surface area contributed by atoms with Gasteiger partial charge in [0.2, 0.25) is 0 Å². The van der Waals surface area contributed by atoms with E-state index in [9.17, 15) is 4.79 Å². The Hall–Kier alpha value is -1.65. The topological polar surface area (TPSA) is 75.1 Å². The van der Waals surface area contributed by atoms with Crippen LogP contribution in [-0.2, 0) is 0 Å². The third-order valence-corrected chi connectivity index (χ3v) is 2.68. The second-order valence-electron chi connectivity index (χ2n) is 4.12. The number of carboxylic acid groups (broad SMARTS) is 1. The largest absolute Gasteiger partial charge is 0.476 e. The van der Waals surface area contributed by atoms with Crippen molar-refractivity contribution in [3.05, 3.63) is 17.8 Å². The molecule has 2 N–H and O–H groups in total. The summed E-state index contributed by atoms with van der Waals surface area (Å²) in [5.41, 5.74) is -0.0245. The van der Waals surface area contributed by atoms with Crippen LogP contribution in [0.5, 0.6) is 0 Å². The SMILES string of the molecule is O=C(O)c1ccc(NCCCC2CC2)nn1. The standard InChI is InChI=1S/C11H15N3O2/c15-11(16)9-5-6-10(14-13-9)12-7-1-2-8-3-4-8/h5-6,8H,1-4,7H2,(H,12,14)(H,15,16). The van der Waals surface area contributed by atoms with Gasteiger partial charge < -0.3 is 10.4 Å². The van der Waals surface area contributed by atoms with Crippen LogP contribution < -0.4 is 5.32 Å². The molecule has 5 nitrogen and oxygen atoms in total. The summed E-state index contributed by atoms with van der Waals surface area (Å²) < 4.78 is 0. The van der Waals surface area contributed by atoms with Crippen molar-refractivity contribution in [2.24, 2.45) is 5.92 Å². The van der Waals surface area contributed by atoms with Crippen molar-refractivity contribution in [2.75, 3.05) is 11.9 Å². The fraction of sp³-hybridized carbons (Fsp3) is 0.545. The van der Waals surface area contributed by atoms with Crippen LogP contribution in [0.1, 0.15) is 36.2 Å². The third kappa shape index (κ3) is 3.18. The zero-order valence-corrected chi connectivity index (χ0v) is 9.02. The van der Waals surface area contributed by atoms with E-state index in [1.54, 1.807) is 6.07 Å². The quantitative estimate of drug-likeness (QED) is 0.716. The number of carbonyl (C=O) groups is 1. The van der Waals surface area contributed by atoms with E-state index in [0.717, 1.165) is 18.9 Å². The summed E-state index contributed by atoms with van der Waals surface area (Å²) in [6.07, 6.45) is 5.17. The van der Waals surface area contributed by atoms with Gasteiger partial charge in [-0.1, -0.05) is 12.8 Å². The number of hydrogen-bond acceptors (Lipinski definition) is 4. The normalized spacial score (nSPS) is 14.8. The molecule has 2 rings (SSSR count). The fourth-order valence-electron chi connectivity index (χ4n) is 1.55. The van der Waals surface area contributed by atoms with Crippen LogP contribution in [0.3, 0.4) is 0 Å². The number of nitrogens with one attached hydrogen (secondary N) is 1. The second kappa shape index (κ2) is 4.92. The summed E-state index contributed by atoms with van der Waals surface area (Å²) >= 11 is 0. The summed E-state index contributed by atoms with van der Waals surface area (Å²) in [4.78, 5) is 10.5. The van der Waals surface area contributed by atoms with Gasteiger partial charge in [-0.25, -0.2) is 4.79 Å². The van der Waals surface area contributed by atoms with Gasteiger partial charge in [0, 0.05) is 6.54 Å². The highest BCUT2D eigenvalue weighted by molar-refractivity contribution is 5.85. The predicted octanol–water partition coefficient (Wildman–Crippen LogP) is 1.78. The number of carboxylic acids is 1. The summed E-state index contributed by atoms with van der Waals surface area (Å²) in [6, 6.07) is 3.10. The van der Waals surface area contributed by atoms with Crippen molar-refractivity contribution in [2.45, 2.75) is 25.7 Å². The maximum atomic E-state index is 10.5. The van der Waals surface area contributed by atoms with Gasteiger partial charge in [-0.2, -0.15) is 0 Å². The van der Waals surface area contributed by atoms with Crippen LogP contribution in [-0.4, -0.2) is 27.8 Å². The zero-order valence-electron chi connectivity index (χ0n) is 9.02. The Morgan fingerprint density at radius 2 is 2.25 bits per heavy atom. The van der Waals surface area contributed by atoms with Gasteiger partial charge in [0.1, 0.15) is 5.82 Å². The first-order valence-corrected chi connectivity index (χ1v) is 5.56. The van der Waals surface area contributed by atoms with Crippen LogP contribution in [0.25, 0.3) is 0 Å². The molecule has 1 saturated carbocycles. The molecule has 0 unspecified atom stereocenters. The molecule has 1 aliphatic carbocycles. The van der Waals surface area contributed by atoms with E-state index in [4.69, 9.17) is 5.11 Å². The molecule has 1 aliphatic rings. The average Bonchev–Trinajstić information content (AvgIpc) is 3.09. The van der Waals surface area contributed by atoms with E-state index in [2.05, 4.69) is 15.5 Å². The number of hydrogen-bond donors (Lipinski definition) is 2. The van der Waals surface area contributed by atoms with Gasteiger partial charge in [-0.15, -0.1) is 10.2 Å². The highest BCUT2D eigenvalue weighted by atomic mass is 16.4. The summed E-state index contributed by atoms with van der Waals surface area (Å²) in [5.74, 6) is 0.538. The molecular formula is C11H15N3O2. The van der Waals surface area contributed by atoms with E-state index in [1.165, 1.54) is 25.3 Å². The molecule has 0 aliphatic heterocycles. The van der Waals surface area contributed by atoms with E-state index in [0.29, 0.717) is 5.82 Å². The van der Waals surface area contributed by atoms with Crippen LogP contribution in [0.15, 0.2) is 12.1 Å².